The monoisotopic (exact) mass is 726 g/mol. The number of fused-ring (bicyclic) bond motifs is 13. The first kappa shape index (κ1) is 30.8. The van der Waals surface area contributed by atoms with Gasteiger partial charge in [-0.1, -0.05) is 139 Å². The minimum absolute atomic E-state index is 0.748. The van der Waals surface area contributed by atoms with Gasteiger partial charge in [0.15, 0.2) is 12.9 Å². The lowest BCUT2D eigenvalue weighted by Gasteiger charge is -2.35. The Bertz CT molecular complexity index is 3630. The van der Waals surface area contributed by atoms with Crippen LogP contribution in [-0.2, 0) is 0 Å². The van der Waals surface area contributed by atoms with Crippen molar-refractivity contribution in [2.75, 3.05) is 4.90 Å². The van der Waals surface area contributed by atoms with Crippen molar-refractivity contribution >= 4 is 112 Å². The second-order valence-electron chi connectivity index (χ2n) is 15.3. The standard InChI is InChI=1S/C52H31BN2O2/c1-2-12-30(13-3-1)33-24-25-41-44(28-33)55(43-21-11-20-37-34-16-6-8-22-45(34)57-52(37)43)51-48-38-17-7-9-23-46(38)56-47(48)29-40(49(51)53-41)36-19-10-18-35-39-26-31-14-4-5-15-32(31)27-42(39)54-50(35)36/h1-29,53-54H. The third kappa shape index (κ3) is 4.39. The van der Waals surface area contributed by atoms with Crippen molar-refractivity contribution in [2.45, 2.75) is 0 Å². The third-order valence-electron chi connectivity index (χ3n) is 12.2. The Balaban J connectivity index is 1.17. The Kier molecular flexibility index (Phi) is 6.22. The van der Waals surface area contributed by atoms with Crippen LogP contribution >= 0.6 is 0 Å². The van der Waals surface area contributed by atoms with Gasteiger partial charge in [-0.25, -0.2) is 0 Å². The van der Waals surface area contributed by atoms with E-state index in [-0.39, 0.29) is 0 Å². The fourth-order valence-corrected chi connectivity index (χ4v) is 9.61. The molecule has 0 fully saturated rings. The number of para-hydroxylation sites is 4. The molecule has 0 radical (unpaired) electrons. The van der Waals surface area contributed by atoms with Crippen molar-refractivity contribution in [3.05, 3.63) is 176 Å². The van der Waals surface area contributed by atoms with E-state index >= 15 is 0 Å². The van der Waals surface area contributed by atoms with E-state index in [1.807, 2.05) is 6.07 Å². The van der Waals surface area contributed by atoms with Crippen LogP contribution < -0.4 is 15.8 Å². The van der Waals surface area contributed by atoms with Gasteiger partial charge in [0.1, 0.15) is 16.7 Å². The van der Waals surface area contributed by atoms with Crippen LogP contribution in [0.2, 0.25) is 0 Å². The molecular formula is C52H31BN2O2. The number of aromatic amines is 1. The molecular weight excluding hydrogens is 695 g/mol. The lowest BCUT2D eigenvalue weighted by molar-refractivity contribution is 0.668. The molecule has 1 aliphatic rings. The average molecular weight is 727 g/mol. The summed E-state index contributed by atoms with van der Waals surface area (Å²) in [6.45, 7) is 0. The molecule has 0 atom stereocenters. The van der Waals surface area contributed by atoms with Crippen LogP contribution in [0.1, 0.15) is 0 Å². The van der Waals surface area contributed by atoms with Crippen molar-refractivity contribution in [3.63, 3.8) is 0 Å². The largest absolute Gasteiger partial charge is 0.456 e. The number of furan rings is 2. The normalized spacial score (nSPS) is 12.7. The number of nitrogens with zero attached hydrogens (tertiary/aromatic N) is 1. The van der Waals surface area contributed by atoms with Gasteiger partial charge in [0.25, 0.3) is 0 Å². The highest BCUT2D eigenvalue weighted by Gasteiger charge is 2.34. The van der Waals surface area contributed by atoms with E-state index in [1.54, 1.807) is 0 Å². The molecule has 264 valence electrons. The molecule has 4 nitrogen and oxygen atoms in total. The topological polar surface area (TPSA) is 45.3 Å². The van der Waals surface area contributed by atoms with Crippen LogP contribution in [0.4, 0.5) is 17.1 Å². The molecule has 1 aliphatic heterocycles. The van der Waals surface area contributed by atoms with Crippen LogP contribution in [0.15, 0.2) is 185 Å². The van der Waals surface area contributed by atoms with Gasteiger partial charge in [0.05, 0.1) is 22.3 Å². The van der Waals surface area contributed by atoms with Crippen molar-refractivity contribution in [1.82, 2.24) is 4.98 Å². The number of hydrogen-bond donors (Lipinski definition) is 1. The van der Waals surface area contributed by atoms with Gasteiger partial charge in [-0.3, -0.25) is 0 Å². The number of H-pyrrole nitrogens is 1. The summed E-state index contributed by atoms with van der Waals surface area (Å²) >= 11 is 0. The van der Waals surface area contributed by atoms with Crippen molar-refractivity contribution < 1.29 is 8.83 Å². The van der Waals surface area contributed by atoms with E-state index in [0.29, 0.717) is 0 Å². The van der Waals surface area contributed by atoms with Gasteiger partial charge in [0.2, 0.25) is 0 Å². The summed E-state index contributed by atoms with van der Waals surface area (Å²) in [6.07, 6.45) is 0. The van der Waals surface area contributed by atoms with Gasteiger partial charge >= 0.3 is 0 Å². The minimum atomic E-state index is 0.748. The minimum Gasteiger partial charge on any atom is -0.456 e. The summed E-state index contributed by atoms with van der Waals surface area (Å²) in [5.41, 5.74) is 16.1. The number of aromatic nitrogens is 1. The summed E-state index contributed by atoms with van der Waals surface area (Å²) in [6, 6.07) is 63.2. The molecule has 0 aliphatic carbocycles. The maximum absolute atomic E-state index is 6.84. The van der Waals surface area contributed by atoms with Crippen LogP contribution in [0.5, 0.6) is 0 Å². The smallest absolute Gasteiger partial charge is 0.198 e. The zero-order chi connectivity index (χ0) is 37.2. The maximum atomic E-state index is 6.84. The van der Waals surface area contributed by atoms with Gasteiger partial charge in [-0.05, 0) is 75.4 Å². The number of benzene rings is 9. The molecule has 9 aromatic carbocycles. The molecule has 5 heteroatoms. The Morgan fingerprint density at radius 2 is 1.18 bits per heavy atom. The number of hydrogen-bond acceptors (Lipinski definition) is 3. The Hall–Kier alpha value is -7.50. The van der Waals surface area contributed by atoms with Gasteiger partial charge in [0, 0.05) is 43.7 Å². The molecule has 0 amide bonds. The first-order chi connectivity index (χ1) is 28.2. The molecule has 0 unspecified atom stereocenters. The molecule has 57 heavy (non-hydrogen) atoms. The fraction of sp³-hybridized carbons (Fsp3) is 0. The van der Waals surface area contributed by atoms with Crippen LogP contribution in [0.25, 0.3) is 98.7 Å². The highest BCUT2D eigenvalue weighted by molar-refractivity contribution is 6.74. The molecule has 0 bridgehead atoms. The second kappa shape index (κ2) is 11.5. The zero-order valence-corrected chi connectivity index (χ0v) is 30.7. The molecule has 0 spiro atoms. The summed E-state index contributed by atoms with van der Waals surface area (Å²) < 4.78 is 13.7. The number of rotatable bonds is 3. The van der Waals surface area contributed by atoms with Crippen molar-refractivity contribution in [3.8, 4) is 22.3 Å². The lowest BCUT2D eigenvalue weighted by atomic mass is 9.57. The van der Waals surface area contributed by atoms with E-state index in [4.69, 9.17) is 8.83 Å². The zero-order valence-electron chi connectivity index (χ0n) is 30.7. The molecule has 3 aromatic heterocycles. The highest BCUT2D eigenvalue weighted by Crippen LogP contribution is 2.49. The molecule has 1 N–H and O–H groups in total. The Morgan fingerprint density at radius 3 is 2.05 bits per heavy atom. The third-order valence-corrected chi connectivity index (χ3v) is 12.2. The summed E-state index contributed by atoms with van der Waals surface area (Å²) in [4.78, 5) is 6.36. The Morgan fingerprint density at radius 1 is 0.456 bits per heavy atom. The van der Waals surface area contributed by atoms with Crippen LogP contribution in [-0.4, -0.2) is 12.3 Å². The quantitative estimate of drug-likeness (QED) is 0.184. The summed E-state index contributed by atoms with van der Waals surface area (Å²) in [5, 5.41) is 9.28. The van der Waals surface area contributed by atoms with Crippen molar-refractivity contribution in [2.24, 2.45) is 0 Å². The highest BCUT2D eigenvalue weighted by atomic mass is 16.3. The summed E-state index contributed by atoms with van der Waals surface area (Å²) in [5.74, 6) is 0. The van der Waals surface area contributed by atoms with Gasteiger partial charge in [-0.2, -0.15) is 0 Å². The predicted octanol–water partition coefficient (Wildman–Crippen LogP) is 12.8. The van der Waals surface area contributed by atoms with E-state index in [2.05, 4.69) is 180 Å². The lowest BCUT2D eigenvalue weighted by Crippen LogP contribution is -2.41. The molecule has 0 saturated heterocycles. The van der Waals surface area contributed by atoms with E-state index in [0.717, 1.165) is 90.4 Å². The molecule has 12 aromatic rings. The van der Waals surface area contributed by atoms with Gasteiger partial charge < -0.3 is 18.7 Å². The number of anilines is 3. The molecule has 13 rings (SSSR count). The van der Waals surface area contributed by atoms with Gasteiger partial charge in [-0.15, -0.1) is 0 Å². The van der Waals surface area contributed by atoms with E-state index < -0.39 is 0 Å². The van der Waals surface area contributed by atoms with E-state index in [1.165, 1.54) is 43.6 Å². The average Bonchev–Trinajstić information content (AvgIpc) is 3.96. The van der Waals surface area contributed by atoms with E-state index in [9.17, 15) is 0 Å². The van der Waals surface area contributed by atoms with Crippen molar-refractivity contribution in [1.29, 1.82) is 0 Å². The second-order valence-corrected chi connectivity index (χ2v) is 15.3. The number of nitrogens with one attached hydrogen (secondary N) is 1. The van der Waals surface area contributed by atoms with Crippen LogP contribution in [0, 0.1) is 0 Å². The summed E-state index contributed by atoms with van der Waals surface area (Å²) in [7, 11) is 0.748. The predicted molar refractivity (Wildman–Crippen MR) is 240 cm³/mol. The molecule has 0 saturated carbocycles. The molecule has 4 heterocycles. The fourth-order valence-electron chi connectivity index (χ4n) is 9.61. The maximum Gasteiger partial charge on any atom is 0.198 e. The SMILES string of the molecule is B1c2ccc(-c3ccccc3)cc2N(c2cccc3c2oc2ccccc23)c2c1c(-c1cccc3c1[nH]c1cc4ccccc4cc13)cc1oc3ccccc3c21. The van der Waals surface area contributed by atoms with Crippen LogP contribution in [0.3, 0.4) is 0 Å². The first-order valence-electron chi connectivity index (χ1n) is 19.5. The first-order valence-corrected chi connectivity index (χ1v) is 19.5. The Labute approximate surface area is 327 Å².